The van der Waals surface area contributed by atoms with Crippen LogP contribution < -0.4 is 0 Å². The highest BCUT2D eigenvalue weighted by Gasteiger charge is 1.99. The third kappa shape index (κ3) is 1.34. The Labute approximate surface area is 45.2 Å². The molecule has 0 amide bonds. The van der Waals surface area contributed by atoms with Crippen LogP contribution >= 0.6 is 0 Å². The van der Waals surface area contributed by atoms with Crippen molar-refractivity contribution < 1.29 is 0 Å². The quantitative estimate of drug-likeness (QED) is 0.433. The summed E-state index contributed by atoms with van der Waals surface area (Å²) in [5.74, 6) is 1.53. The van der Waals surface area contributed by atoms with Gasteiger partial charge in [-0.1, -0.05) is 19.1 Å². The molecule has 0 fully saturated rings. The summed E-state index contributed by atoms with van der Waals surface area (Å²) in [7, 11) is 0. The fraction of sp³-hybridized carbons (Fsp3) is 0.571. The standard InChI is InChI=1S/C7H11/c1-7-5-3-2-4-6-7/h3,5H,2,4,6H2,1H3. The predicted octanol–water partition coefficient (Wildman–Crippen LogP) is 2.32. The average Bonchev–Trinajstić information content (AvgIpc) is 1.69. The first kappa shape index (κ1) is 4.89. The molecule has 0 N–H and O–H groups in total. The monoisotopic (exact) mass is 95.1 g/mol. The molecule has 0 heterocycles. The summed E-state index contributed by atoms with van der Waals surface area (Å²) < 4.78 is 0. The molecule has 0 spiro atoms. The van der Waals surface area contributed by atoms with Gasteiger partial charge in [0.2, 0.25) is 0 Å². The maximum absolute atomic E-state index is 2.25. The minimum absolute atomic E-state index is 1.29. The van der Waals surface area contributed by atoms with Crippen LogP contribution in [0.25, 0.3) is 0 Å². The maximum Gasteiger partial charge on any atom is -0.00581 e. The van der Waals surface area contributed by atoms with E-state index in [0.717, 1.165) is 0 Å². The van der Waals surface area contributed by atoms with Crippen molar-refractivity contribution in [3.05, 3.63) is 18.1 Å². The van der Waals surface area contributed by atoms with Crippen molar-refractivity contribution in [3.8, 4) is 0 Å². The van der Waals surface area contributed by atoms with Crippen LogP contribution in [0.15, 0.2) is 12.2 Å². The molecule has 0 saturated heterocycles. The molecule has 0 atom stereocenters. The largest absolute Gasteiger partial charge is 0.0880 e. The van der Waals surface area contributed by atoms with Crippen molar-refractivity contribution in [2.45, 2.75) is 26.2 Å². The molecule has 0 aromatic carbocycles. The van der Waals surface area contributed by atoms with E-state index < -0.39 is 0 Å². The van der Waals surface area contributed by atoms with Crippen LogP contribution in [-0.4, -0.2) is 0 Å². The van der Waals surface area contributed by atoms with Gasteiger partial charge < -0.3 is 0 Å². The van der Waals surface area contributed by atoms with Crippen LogP contribution in [0.3, 0.4) is 0 Å². The summed E-state index contributed by atoms with van der Waals surface area (Å²) in [5, 5.41) is 0. The Morgan fingerprint density at radius 2 is 2.43 bits per heavy atom. The second-order valence-corrected chi connectivity index (χ2v) is 2.14. The van der Waals surface area contributed by atoms with Gasteiger partial charge >= 0.3 is 0 Å². The minimum atomic E-state index is 1.29. The molecular formula is C7H11. The zero-order valence-electron chi connectivity index (χ0n) is 4.78. The molecule has 0 aromatic rings. The van der Waals surface area contributed by atoms with Crippen molar-refractivity contribution in [3.63, 3.8) is 0 Å². The molecule has 0 nitrogen and oxygen atoms in total. The van der Waals surface area contributed by atoms with Gasteiger partial charge in [0.25, 0.3) is 0 Å². The van der Waals surface area contributed by atoms with E-state index in [1.165, 1.54) is 25.2 Å². The number of hydrogen-bond acceptors (Lipinski definition) is 0. The van der Waals surface area contributed by atoms with E-state index in [1.54, 1.807) is 0 Å². The Bertz CT molecular complexity index is 72.1. The van der Waals surface area contributed by atoms with E-state index >= 15 is 0 Å². The Morgan fingerprint density at radius 1 is 1.57 bits per heavy atom. The number of rotatable bonds is 0. The molecule has 0 aromatic heterocycles. The Morgan fingerprint density at radius 3 is 2.71 bits per heavy atom. The zero-order chi connectivity index (χ0) is 5.11. The Hall–Kier alpha value is -0.260. The lowest BCUT2D eigenvalue weighted by molar-refractivity contribution is 0.756. The number of hydrogen-bond donors (Lipinski definition) is 0. The third-order valence-electron chi connectivity index (χ3n) is 1.34. The molecule has 1 aliphatic carbocycles. The first-order valence-corrected chi connectivity index (χ1v) is 2.88. The average molecular weight is 95.2 g/mol. The summed E-state index contributed by atoms with van der Waals surface area (Å²) in [4.78, 5) is 0. The Balaban J connectivity index is 2.36. The lowest BCUT2D eigenvalue weighted by Crippen LogP contribution is -1.90. The molecule has 0 aliphatic heterocycles. The van der Waals surface area contributed by atoms with Gasteiger partial charge in [-0.05, 0) is 25.2 Å². The summed E-state index contributed by atoms with van der Waals surface area (Å²) in [6, 6.07) is 0. The SMILES string of the molecule is C[C]1C=CCCC1. The smallest absolute Gasteiger partial charge is 0.00581 e. The highest BCUT2D eigenvalue weighted by atomic mass is 14.0. The highest BCUT2D eigenvalue weighted by molar-refractivity contribution is 5.09. The third-order valence-corrected chi connectivity index (χ3v) is 1.34. The van der Waals surface area contributed by atoms with Crippen molar-refractivity contribution in [1.29, 1.82) is 0 Å². The van der Waals surface area contributed by atoms with Crippen molar-refractivity contribution in [1.82, 2.24) is 0 Å². The fourth-order valence-corrected chi connectivity index (χ4v) is 0.867. The lowest BCUT2D eigenvalue weighted by Gasteiger charge is -2.07. The molecule has 0 bridgehead atoms. The van der Waals surface area contributed by atoms with Crippen LogP contribution in [-0.2, 0) is 0 Å². The van der Waals surface area contributed by atoms with E-state index in [-0.39, 0.29) is 0 Å². The lowest BCUT2D eigenvalue weighted by atomic mass is 9.98. The normalized spacial score (nSPS) is 23.0. The van der Waals surface area contributed by atoms with Crippen molar-refractivity contribution in [2.24, 2.45) is 0 Å². The van der Waals surface area contributed by atoms with Crippen molar-refractivity contribution >= 4 is 0 Å². The van der Waals surface area contributed by atoms with Gasteiger partial charge in [0.1, 0.15) is 0 Å². The molecular weight excluding hydrogens is 84.1 g/mol. The van der Waals surface area contributed by atoms with Gasteiger partial charge in [-0.3, -0.25) is 0 Å². The summed E-state index contributed by atoms with van der Waals surface area (Å²) in [6.45, 7) is 2.19. The molecule has 39 valence electrons. The number of allylic oxidation sites excluding steroid dienone is 2. The van der Waals surface area contributed by atoms with Crippen LogP contribution in [0.1, 0.15) is 26.2 Å². The molecule has 1 rings (SSSR count). The summed E-state index contributed by atoms with van der Waals surface area (Å²) >= 11 is 0. The van der Waals surface area contributed by atoms with Gasteiger partial charge in [-0.25, -0.2) is 0 Å². The molecule has 7 heavy (non-hydrogen) atoms. The topological polar surface area (TPSA) is 0 Å². The summed E-state index contributed by atoms with van der Waals surface area (Å²) in [6.07, 6.45) is 8.44. The molecule has 1 aliphatic rings. The highest BCUT2D eigenvalue weighted by Crippen LogP contribution is 2.16. The summed E-state index contributed by atoms with van der Waals surface area (Å²) in [5.41, 5.74) is 0. The zero-order valence-corrected chi connectivity index (χ0v) is 4.78. The van der Waals surface area contributed by atoms with Gasteiger partial charge in [0.15, 0.2) is 0 Å². The first-order valence-electron chi connectivity index (χ1n) is 2.88. The molecule has 0 saturated carbocycles. The fourth-order valence-electron chi connectivity index (χ4n) is 0.867. The van der Waals surface area contributed by atoms with E-state index in [2.05, 4.69) is 19.1 Å². The van der Waals surface area contributed by atoms with Crippen LogP contribution in [0.5, 0.6) is 0 Å². The van der Waals surface area contributed by atoms with E-state index in [4.69, 9.17) is 0 Å². The second-order valence-electron chi connectivity index (χ2n) is 2.14. The Kier molecular flexibility index (Phi) is 1.50. The second kappa shape index (κ2) is 2.15. The van der Waals surface area contributed by atoms with E-state index in [9.17, 15) is 0 Å². The van der Waals surface area contributed by atoms with E-state index in [1.807, 2.05) is 0 Å². The molecule has 1 radical (unpaired) electrons. The van der Waals surface area contributed by atoms with Crippen LogP contribution in [0.2, 0.25) is 0 Å². The van der Waals surface area contributed by atoms with E-state index in [0.29, 0.717) is 0 Å². The van der Waals surface area contributed by atoms with Gasteiger partial charge in [-0.15, -0.1) is 0 Å². The van der Waals surface area contributed by atoms with Gasteiger partial charge in [0.05, 0.1) is 0 Å². The van der Waals surface area contributed by atoms with Crippen LogP contribution in [0.4, 0.5) is 0 Å². The predicted molar refractivity (Wildman–Crippen MR) is 31.9 cm³/mol. The van der Waals surface area contributed by atoms with Gasteiger partial charge in [0, 0.05) is 0 Å². The molecule has 0 heteroatoms. The maximum atomic E-state index is 2.25. The first-order chi connectivity index (χ1) is 3.39. The van der Waals surface area contributed by atoms with Crippen molar-refractivity contribution in [2.75, 3.05) is 0 Å². The molecule has 0 unspecified atom stereocenters. The van der Waals surface area contributed by atoms with Crippen LogP contribution in [0, 0.1) is 5.92 Å². The minimum Gasteiger partial charge on any atom is -0.0880 e. The van der Waals surface area contributed by atoms with Gasteiger partial charge in [-0.2, -0.15) is 0 Å².